The molecule has 1 aromatic rings. The first-order valence-corrected chi connectivity index (χ1v) is 5.81. The summed E-state index contributed by atoms with van der Waals surface area (Å²) < 4.78 is 5.53. The topological polar surface area (TPSA) is 39.2 Å². The summed E-state index contributed by atoms with van der Waals surface area (Å²) in [5, 5.41) is 0.308. The molecule has 0 saturated heterocycles. The van der Waals surface area contributed by atoms with E-state index in [1.807, 2.05) is 18.2 Å². The minimum absolute atomic E-state index is 0.0263. The number of Topliss-reactive ketones (excluding diaryl/α,β-unsaturated/α-hetero) is 1. The highest BCUT2D eigenvalue weighted by molar-refractivity contribution is 9.09. The largest absolute Gasteiger partial charge is 0.361 e. The lowest BCUT2D eigenvalue weighted by atomic mass is 10.1. The van der Waals surface area contributed by atoms with Crippen molar-refractivity contribution in [3.8, 4) is 0 Å². The average molecular weight is 272 g/mol. The van der Waals surface area contributed by atoms with Gasteiger partial charge in [-0.15, -0.1) is 0 Å². The fourth-order valence-electron chi connectivity index (χ4n) is 0.979. The van der Waals surface area contributed by atoms with Gasteiger partial charge >= 0.3 is 0 Å². The molecular weight excluding hydrogens is 258 g/mol. The van der Waals surface area contributed by atoms with E-state index in [2.05, 4.69) is 20.9 Å². The molecule has 0 aliphatic rings. The van der Waals surface area contributed by atoms with Gasteiger partial charge in [-0.25, -0.2) is 0 Å². The molecule has 0 N–H and O–H groups in total. The zero-order chi connectivity index (χ0) is 11.3. The van der Waals surface area contributed by atoms with E-state index in [1.54, 1.807) is 20.0 Å². The summed E-state index contributed by atoms with van der Waals surface area (Å²) in [6, 6.07) is 5.61. The first-order valence-electron chi connectivity index (χ1n) is 4.69. The molecule has 0 bridgehead atoms. The number of carbonyl (C=O) groups is 1. The first-order chi connectivity index (χ1) is 7.06. The molecular formula is C11H14BrNO2. The monoisotopic (exact) mass is 271 g/mol. The summed E-state index contributed by atoms with van der Waals surface area (Å²) in [7, 11) is 0. The van der Waals surface area contributed by atoms with Crippen LogP contribution in [-0.4, -0.2) is 21.7 Å². The Morgan fingerprint density at radius 2 is 2.27 bits per heavy atom. The number of hydrogen-bond acceptors (Lipinski definition) is 3. The molecule has 0 aromatic carbocycles. The number of alkyl halides is 1. The molecule has 0 unspecified atom stereocenters. The molecule has 15 heavy (non-hydrogen) atoms. The second kappa shape index (κ2) is 5.37. The van der Waals surface area contributed by atoms with E-state index in [0.717, 1.165) is 5.69 Å². The van der Waals surface area contributed by atoms with Crippen LogP contribution in [0.1, 0.15) is 19.5 Å². The Bertz CT molecular complexity index is 325. The molecule has 3 nitrogen and oxygen atoms in total. The van der Waals surface area contributed by atoms with E-state index in [9.17, 15) is 4.79 Å². The highest BCUT2D eigenvalue weighted by Crippen LogP contribution is 2.14. The van der Waals surface area contributed by atoms with E-state index in [1.165, 1.54) is 0 Å². The summed E-state index contributed by atoms with van der Waals surface area (Å²) in [6.07, 6.45) is 1.71. The molecule has 0 fully saturated rings. The van der Waals surface area contributed by atoms with Gasteiger partial charge in [0, 0.05) is 6.20 Å². The quantitative estimate of drug-likeness (QED) is 0.772. The van der Waals surface area contributed by atoms with E-state index in [4.69, 9.17) is 4.74 Å². The zero-order valence-electron chi connectivity index (χ0n) is 8.87. The van der Waals surface area contributed by atoms with E-state index in [-0.39, 0.29) is 5.78 Å². The van der Waals surface area contributed by atoms with Gasteiger partial charge in [0.1, 0.15) is 5.60 Å². The van der Waals surface area contributed by atoms with Gasteiger partial charge in [0.25, 0.3) is 0 Å². The number of carbonyl (C=O) groups excluding carboxylic acids is 1. The van der Waals surface area contributed by atoms with Crippen molar-refractivity contribution in [1.29, 1.82) is 0 Å². The number of rotatable bonds is 5. The van der Waals surface area contributed by atoms with Crippen molar-refractivity contribution < 1.29 is 9.53 Å². The fraction of sp³-hybridized carbons (Fsp3) is 0.455. The third-order valence-electron chi connectivity index (χ3n) is 2.10. The smallest absolute Gasteiger partial charge is 0.174 e. The Kier molecular flexibility index (Phi) is 4.42. The molecule has 0 atom stereocenters. The van der Waals surface area contributed by atoms with Crippen LogP contribution in [0.2, 0.25) is 0 Å². The molecule has 1 heterocycles. The fourth-order valence-corrected chi connectivity index (χ4v) is 1.65. The van der Waals surface area contributed by atoms with Crippen molar-refractivity contribution in [3.05, 3.63) is 30.1 Å². The molecule has 0 aliphatic carbocycles. The van der Waals surface area contributed by atoms with E-state index >= 15 is 0 Å². The minimum Gasteiger partial charge on any atom is -0.361 e. The summed E-state index contributed by atoms with van der Waals surface area (Å²) >= 11 is 3.13. The summed E-state index contributed by atoms with van der Waals surface area (Å²) in [5.74, 6) is 0.0263. The van der Waals surface area contributed by atoms with Crippen molar-refractivity contribution in [2.75, 3.05) is 5.33 Å². The van der Waals surface area contributed by atoms with Crippen LogP contribution in [0.5, 0.6) is 0 Å². The minimum atomic E-state index is -0.763. The van der Waals surface area contributed by atoms with Crippen LogP contribution in [0.3, 0.4) is 0 Å². The lowest BCUT2D eigenvalue weighted by molar-refractivity contribution is -0.139. The Morgan fingerprint density at radius 1 is 1.53 bits per heavy atom. The molecule has 1 aromatic heterocycles. The van der Waals surface area contributed by atoms with E-state index in [0.29, 0.717) is 11.9 Å². The van der Waals surface area contributed by atoms with Crippen LogP contribution >= 0.6 is 15.9 Å². The summed E-state index contributed by atoms with van der Waals surface area (Å²) in [6.45, 7) is 3.88. The van der Waals surface area contributed by atoms with Crippen molar-refractivity contribution >= 4 is 21.7 Å². The predicted octanol–water partition coefficient (Wildman–Crippen LogP) is 2.34. The lowest BCUT2D eigenvalue weighted by Gasteiger charge is -2.22. The van der Waals surface area contributed by atoms with Crippen molar-refractivity contribution in [1.82, 2.24) is 4.98 Å². The van der Waals surface area contributed by atoms with Gasteiger partial charge in [0.05, 0.1) is 17.6 Å². The number of halogens is 1. The molecule has 0 saturated carbocycles. The second-order valence-corrected chi connectivity index (χ2v) is 4.24. The molecule has 0 spiro atoms. The standard InChI is InChI=1S/C11H14BrNO2/c1-11(2,10(14)7-12)15-8-9-5-3-4-6-13-9/h3-6H,7-8H2,1-2H3. The third-order valence-corrected chi connectivity index (χ3v) is 2.61. The lowest BCUT2D eigenvalue weighted by Crippen LogP contribution is -2.35. The summed E-state index contributed by atoms with van der Waals surface area (Å²) in [4.78, 5) is 15.6. The van der Waals surface area contributed by atoms with Gasteiger partial charge in [0.15, 0.2) is 5.78 Å². The van der Waals surface area contributed by atoms with Crippen LogP contribution in [0, 0.1) is 0 Å². The zero-order valence-corrected chi connectivity index (χ0v) is 10.5. The third kappa shape index (κ3) is 3.72. The Hall–Kier alpha value is -0.740. The van der Waals surface area contributed by atoms with E-state index < -0.39 is 5.60 Å². The highest BCUT2D eigenvalue weighted by atomic mass is 79.9. The summed E-state index contributed by atoms with van der Waals surface area (Å²) in [5.41, 5.74) is 0.0639. The number of nitrogens with zero attached hydrogens (tertiary/aromatic N) is 1. The predicted molar refractivity (Wildman–Crippen MR) is 61.9 cm³/mol. The van der Waals surface area contributed by atoms with Crippen molar-refractivity contribution in [2.45, 2.75) is 26.1 Å². The average Bonchev–Trinajstić information content (AvgIpc) is 2.27. The van der Waals surface area contributed by atoms with Gasteiger partial charge in [-0.1, -0.05) is 22.0 Å². The Morgan fingerprint density at radius 3 is 2.80 bits per heavy atom. The maximum absolute atomic E-state index is 11.5. The highest BCUT2D eigenvalue weighted by Gasteiger charge is 2.27. The Labute approximate surface area is 98.0 Å². The van der Waals surface area contributed by atoms with Crippen molar-refractivity contribution in [2.24, 2.45) is 0 Å². The molecule has 0 aliphatic heterocycles. The van der Waals surface area contributed by atoms with Gasteiger partial charge in [-0.2, -0.15) is 0 Å². The normalized spacial score (nSPS) is 11.4. The second-order valence-electron chi connectivity index (χ2n) is 3.68. The van der Waals surface area contributed by atoms with Crippen molar-refractivity contribution in [3.63, 3.8) is 0 Å². The number of hydrogen-bond donors (Lipinski definition) is 0. The Balaban J connectivity index is 2.53. The molecule has 0 amide bonds. The van der Waals surface area contributed by atoms with Crippen LogP contribution in [0.25, 0.3) is 0 Å². The van der Waals surface area contributed by atoms with Gasteiger partial charge < -0.3 is 4.74 Å². The number of ether oxygens (including phenoxy) is 1. The van der Waals surface area contributed by atoms with Crippen LogP contribution in [0.15, 0.2) is 24.4 Å². The molecule has 0 radical (unpaired) electrons. The first kappa shape index (κ1) is 12.3. The molecule has 4 heteroatoms. The molecule has 82 valence electrons. The van der Waals surface area contributed by atoms with Gasteiger partial charge in [-0.3, -0.25) is 9.78 Å². The SMILES string of the molecule is CC(C)(OCc1ccccn1)C(=O)CBr. The van der Waals surface area contributed by atoms with Crippen LogP contribution in [0.4, 0.5) is 0 Å². The molecule has 1 rings (SSSR count). The number of ketones is 1. The maximum atomic E-state index is 11.5. The van der Waals surface area contributed by atoms with Gasteiger partial charge in [-0.05, 0) is 26.0 Å². The maximum Gasteiger partial charge on any atom is 0.174 e. The number of aromatic nitrogens is 1. The van der Waals surface area contributed by atoms with Crippen LogP contribution in [-0.2, 0) is 16.1 Å². The van der Waals surface area contributed by atoms with Crippen LogP contribution < -0.4 is 0 Å². The van der Waals surface area contributed by atoms with Gasteiger partial charge in [0.2, 0.25) is 0 Å². The number of pyridine rings is 1.